The molecule has 0 saturated carbocycles. The van der Waals surface area contributed by atoms with Crippen molar-refractivity contribution in [1.29, 1.82) is 0 Å². The van der Waals surface area contributed by atoms with Crippen LogP contribution in [0.3, 0.4) is 0 Å². The summed E-state index contributed by atoms with van der Waals surface area (Å²) in [5, 5.41) is 3.65. The van der Waals surface area contributed by atoms with Crippen molar-refractivity contribution in [1.82, 2.24) is 19.8 Å². The smallest absolute Gasteiger partial charge is 0.225 e. The topological polar surface area (TPSA) is 73.8 Å². The maximum atomic E-state index is 12.9. The molecule has 5 rings (SSSR count). The van der Waals surface area contributed by atoms with Crippen LogP contribution in [0.5, 0.6) is 0 Å². The maximum Gasteiger partial charge on any atom is 0.225 e. The van der Waals surface area contributed by atoms with Crippen LogP contribution in [0.2, 0.25) is 0 Å². The van der Waals surface area contributed by atoms with Gasteiger partial charge in [-0.2, -0.15) is 4.98 Å². The summed E-state index contributed by atoms with van der Waals surface area (Å²) < 4.78 is 5.43. The van der Waals surface area contributed by atoms with E-state index in [0.717, 1.165) is 96.4 Å². The van der Waals surface area contributed by atoms with Crippen LogP contribution in [0.15, 0.2) is 12.3 Å². The first-order chi connectivity index (χ1) is 16.8. The molecule has 4 fully saturated rings. The van der Waals surface area contributed by atoms with Crippen LogP contribution in [0.1, 0.15) is 64.2 Å². The summed E-state index contributed by atoms with van der Waals surface area (Å²) in [7, 11) is 0. The van der Waals surface area contributed by atoms with Crippen molar-refractivity contribution in [3.63, 3.8) is 0 Å². The summed E-state index contributed by atoms with van der Waals surface area (Å²) in [6.07, 6.45) is 13.4. The van der Waals surface area contributed by atoms with Crippen molar-refractivity contribution in [3.05, 3.63) is 12.3 Å². The second-order valence-electron chi connectivity index (χ2n) is 10.6. The number of amides is 1. The molecule has 1 aromatic rings. The summed E-state index contributed by atoms with van der Waals surface area (Å²) in [6.45, 7) is 7.67. The summed E-state index contributed by atoms with van der Waals surface area (Å²) in [5.74, 6) is 2.37. The van der Waals surface area contributed by atoms with Gasteiger partial charge in [-0.3, -0.25) is 9.69 Å². The number of hydrogen-bond acceptors (Lipinski definition) is 7. The second-order valence-corrected chi connectivity index (χ2v) is 10.6. The van der Waals surface area contributed by atoms with Crippen LogP contribution in [0.4, 0.5) is 11.8 Å². The Balaban J connectivity index is 1.11. The Labute approximate surface area is 204 Å². The summed E-state index contributed by atoms with van der Waals surface area (Å²) in [5.41, 5.74) is 0. The zero-order valence-corrected chi connectivity index (χ0v) is 20.7. The fourth-order valence-electron chi connectivity index (χ4n) is 6.19. The Morgan fingerprint density at radius 2 is 1.68 bits per heavy atom. The number of hydrogen-bond donors (Lipinski definition) is 1. The standard InChI is InChI=1S/C26H42N6O2/c33-25(21-10-18-34-19-11-21)31-16-8-23(9-17-31)32-15-5-6-22(20-32)28-26-27-12-7-24(29-26)30-13-3-1-2-4-14-30/h7,12,21-23H,1-6,8-11,13-20H2,(H,27,28,29). The highest BCUT2D eigenvalue weighted by atomic mass is 16.5. The first-order valence-corrected chi connectivity index (χ1v) is 13.7. The minimum Gasteiger partial charge on any atom is -0.381 e. The number of nitrogens with one attached hydrogen (secondary N) is 1. The zero-order chi connectivity index (χ0) is 23.2. The number of aromatic nitrogens is 2. The summed E-state index contributed by atoms with van der Waals surface area (Å²) in [6, 6.07) is 3.02. The largest absolute Gasteiger partial charge is 0.381 e. The molecule has 0 aliphatic carbocycles. The molecule has 4 aliphatic rings. The summed E-state index contributed by atoms with van der Waals surface area (Å²) >= 11 is 0. The number of ether oxygens (including phenoxy) is 1. The number of likely N-dealkylation sites (tertiary alicyclic amines) is 2. The van der Waals surface area contributed by atoms with Gasteiger partial charge in [-0.25, -0.2) is 4.98 Å². The molecule has 8 nitrogen and oxygen atoms in total. The molecule has 1 N–H and O–H groups in total. The van der Waals surface area contributed by atoms with Crippen LogP contribution in [0, 0.1) is 5.92 Å². The van der Waals surface area contributed by atoms with Crippen LogP contribution < -0.4 is 10.2 Å². The Hall–Kier alpha value is -1.93. The van der Waals surface area contributed by atoms with Gasteiger partial charge in [-0.05, 0) is 64.0 Å². The van der Waals surface area contributed by atoms with Gasteiger partial charge < -0.3 is 19.9 Å². The van der Waals surface area contributed by atoms with Crippen LogP contribution in [-0.4, -0.2) is 90.2 Å². The minimum absolute atomic E-state index is 0.180. The monoisotopic (exact) mass is 470 g/mol. The van der Waals surface area contributed by atoms with Gasteiger partial charge in [-0.15, -0.1) is 0 Å². The average Bonchev–Trinajstić information content (AvgIpc) is 3.19. The highest BCUT2D eigenvalue weighted by Crippen LogP contribution is 2.25. The Morgan fingerprint density at radius 3 is 2.44 bits per heavy atom. The molecule has 34 heavy (non-hydrogen) atoms. The molecule has 4 saturated heterocycles. The molecule has 0 bridgehead atoms. The predicted molar refractivity (Wildman–Crippen MR) is 134 cm³/mol. The maximum absolute atomic E-state index is 12.9. The molecule has 188 valence electrons. The number of rotatable bonds is 5. The molecule has 4 aliphatic heterocycles. The molecular formula is C26H42N6O2. The molecule has 1 unspecified atom stereocenters. The van der Waals surface area contributed by atoms with Gasteiger partial charge in [0.1, 0.15) is 5.82 Å². The lowest BCUT2D eigenvalue weighted by Crippen LogP contribution is -2.52. The molecule has 0 spiro atoms. The van der Waals surface area contributed by atoms with E-state index < -0.39 is 0 Å². The van der Waals surface area contributed by atoms with Crippen LogP contribution in [0.25, 0.3) is 0 Å². The third-order valence-electron chi connectivity index (χ3n) is 8.22. The minimum atomic E-state index is 0.180. The third-order valence-corrected chi connectivity index (χ3v) is 8.22. The van der Waals surface area contributed by atoms with Gasteiger partial charge in [0.25, 0.3) is 0 Å². The van der Waals surface area contributed by atoms with Crippen molar-refractivity contribution < 1.29 is 9.53 Å². The van der Waals surface area contributed by atoms with Gasteiger partial charge in [-0.1, -0.05) is 12.8 Å². The average molecular weight is 471 g/mol. The van der Waals surface area contributed by atoms with Gasteiger partial charge in [0.2, 0.25) is 11.9 Å². The number of anilines is 2. The van der Waals surface area contributed by atoms with Gasteiger partial charge >= 0.3 is 0 Å². The van der Waals surface area contributed by atoms with Crippen molar-refractivity contribution in [2.75, 3.05) is 62.7 Å². The van der Waals surface area contributed by atoms with E-state index >= 15 is 0 Å². The quantitative estimate of drug-likeness (QED) is 0.709. The number of piperidine rings is 2. The molecule has 0 aromatic carbocycles. The molecular weight excluding hydrogens is 428 g/mol. The number of nitrogens with zero attached hydrogens (tertiary/aromatic N) is 5. The first kappa shape index (κ1) is 23.8. The molecule has 8 heteroatoms. The zero-order valence-electron chi connectivity index (χ0n) is 20.7. The van der Waals surface area contributed by atoms with E-state index in [1.54, 1.807) is 0 Å². The van der Waals surface area contributed by atoms with E-state index in [4.69, 9.17) is 9.72 Å². The van der Waals surface area contributed by atoms with E-state index in [1.165, 1.54) is 32.1 Å². The lowest BCUT2D eigenvalue weighted by molar-refractivity contribution is -0.140. The highest BCUT2D eigenvalue weighted by molar-refractivity contribution is 5.79. The van der Waals surface area contributed by atoms with Gasteiger partial charge in [0.15, 0.2) is 0 Å². The fraction of sp³-hybridized carbons (Fsp3) is 0.808. The van der Waals surface area contributed by atoms with E-state index in [9.17, 15) is 4.79 Å². The second kappa shape index (κ2) is 11.7. The van der Waals surface area contributed by atoms with Crippen molar-refractivity contribution in [2.24, 2.45) is 5.92 Å². The Morgan fingerprint density at radius 1 is 0.912 bits per heavy atom. The van der Waals surface area contributed by atoms with Gasteiger partial charge in [0, 0.05) is 70.1 Å². The SMILES string of the molecule is O=C(C1CCOCC1)N1CCC(N2CCCC(Nc3nccc(N4CCCCCC4)n3)C2)CC1. The van der Waals surface area contributed by atoms with E-state index in [0.29, 0.717) is 18.0 Å². The molecule has 0 radical (unpaired) electrons. The summed E-state index contributed by atoms with van der Waals surface area (Å²) in [4.78, 5) is 29.5. The van der Waals surface area contributed by atoms with Crippen LogP contribution in [-0.2, 0) is 9.53 Å². The Kier molecular flexibility index (Phi) is 8.17. The third kappa shape index (κ3) is 6.00. The fourth-order valence-corrected chi connectivity index (χ4v) is 6.19. The molecule has 1 amide bonds. The highest BCUT2D eigenvalue weighted by Gasteiger charge is 2.33. The van der Waals surface area contributed by atoms with Crippen molar-refractivity contribution in [2.45, 2.75) is 76.3 Å². The normalized spacial score (nSPS) is 26.3. The van der Waals surface area contributed by atoms with E-state index in [2.05, 4.69) is 31.1 Å². The number of carbonyl (C=O) groups is 1. The van der Waals surface area contributed by atoms with Gasteiger partial charge in [0.05, 0.1) is 0 Å². The molecule has 1 aromatic heterocycles. The van der Waals surface area contributed by atoms with Crippen LogP contribution >= 0.6 is 0 Å². The first-order valence-electron chi connectivity index (χ1n) is 13.7. The lowest BCUT2D eigenvalue weighted by atomic mass is 9.94. The number of carbonyl (C=O) groups excluding carboxylic acids is 1. The molecule has 5 heterocycles. The predicted octanol–water partition coefficient (Wildman–Crippen LogP) is 3.15. The lowest BCUT2D eigenvalue weighted by Gasteiger charge is -2.43. The van der Waals surface area contributed by atoms with E-state index in [1.807, 2.05) is 6.20 Å². The molecule has 1 atom stereocenters. The van der Waals surface area contributed by atoms with E-state index in [-0.39, 0.29) is 5.92 Å². The Bertz CT molecular complexity index is 785. The van der Waals surface area contributed by atoms with Crippen molar-refractivity contribution in [3.8, 4) is 0 Å². The van der Waals surface area contributed by atoms with Crippen molar-refractivity contribution >= 4 is 17.7 Å².